The van der Waals surface area contributed by atoms with Crippen LogP contribution in [-0.2, 0) is 4.79 Å². The summed E-state index contributed by atoms with van der Waals surface area (Å²) in [6.45, 7) is 3.81. The lowest BCUT2D eigenvalue weighted by Crippen LogP contribution is -2.34. The van der Waals surface area contributed by atoms with E-state index in [1.807, 2.05) is 32.0 Å². The standard InChI is InChI=1S/C19H21ClN2O3/c1-13(2)22-19(23)12-25-16-7-4-14(5-8-16)11-21-15-6-9-18(24-3)17(20)10-15/h4-11,13H,12H2,1-3H3,(H,22,23). The van der Waals surface area contributed by atoms with Crippen molar-refractivity contribution in [3.8, 4) is 11.5 Å². The lowest BCUT2D eigenvalue weighted by atomic mass is 10.2. The van der Waals surface area contributed by atoms with Gasteiger partial charge >= 0.3 is 0 Å². The van der Waals surface area contributed by atoms with Crippen LogP contribution in [0.25, 0.3) is 0 Å². The third kappa shape index (κ3) is 6.12. The molecule has 0 unspecified atom stereocenters. The van der Waals surface area contributed by atoms with Gasteiger partial charge in [-0.05, 0) is 61.9 Å². The number of halogens is 1. The first-order chi connectivity index (χ1) is 12.0. The summed E-state index contributed by atoms with van der Waals surface area (Å²) < 4.78 is 10.6. The number of carbonyl (C=O) groups excluding carboxylic acids is 1. The number of hydrogen-bond donors (Lipinski definition) is 1. The first kappa shape index (κ1) is 18.8. The molecule has 0 spiro atoms. The van der Waals surface area contributed by atoms with Crippen molar-refractivity contribution in [1.29, 1.82) is 0 Å². The third-order valence-corrected chi connectivity index (χ3v) is 3.49. The van der Waals surface area contributed by atoms with Gasteiger partial charge in [-0.3, -0.25) is 9.79 Å². The first-order valence-electron chi connectivity index (χ1n) is 7.88. The number of carbonyl (C=O) groups is 1. The SMILES string of the molecule is COc1ccc(N=Cc2ccc(OCC(=O)NC(C)C)cc2)cc1Cl. The summed E-state index contributed by atoms with van der Waals surface area (Å²) in [6.07, 6.45) is 1.73. The van der Waals surface area contributed by atoms with Crippen molar-refractivity contribution in [1.82, 2.24) is 5.32 Å². The second-order valence-electron chi connectivity index (χ2n) is 5.66. The quantitative estimate of drug-likeness (QED) is 0.759. The molecule has 132 valence electrons. The van der Waals surface area contributed by atoms with Gasteiger partial charge in [0.15, 0.2) is 6.61 Å². The van der Waals surface area contributed by atoms with Gasteiger partial charge in [-0.1, -0.05) is 11.6 Å². The van der Waals surface area contributed by atoms with Gasteiger partial charge in [-0.2, -0.15) is 0 Å². The molecule has 0 heterocycles. The van der Waals surface area contributed by atoms with E-state index in [1.54, 1.807) is 37.6 Å². The first-order valence-corrected chi connectivity index (χ1v) is 8.25. The Balaban J connectivity index is 1.93. The number of nitrogens with one attached hydrogen (secondary N) is 1. The summed E-state index contributed by atoms with van der Waals surface area (Å²) in [5.41, 5.74) is 1.64. The van der Waals surface area contributed by atoms with Gasteiger partial charge in [-0.15, -0.1) is 0 Å². The predicted molar refractivity (Wildman–Crippen MR) is 100 cm³/mol. The molecule has 0 aliphatic carbocycles. The number of hydrogen-bond acceptors (Lipinski definition) is 4. The molecule has 0 saturated heterocycles. The third-order valence-electron chi connectivity index (χ3n) is 3.20. The minimum atomic E-state index is -0.142. The maximum absolute atomic E-state index is 11.5. The zero-order chi connectivity index (χ0) is 18.2. The van der Waals surface area contributed by atoms with Crippen LogP contribution in [0, 0.1) is 0 Å². The average molecular weight is 361 g/mol. The van der Waals surface area contributed by atoms with E-state index in [9.17, 15) is 4.79 Å². The summed E-state index contributed by atoms with van der Waals surface area (Å²) >= 11 is 6.08. The van der Waals surface area contributed by atoms with Gasteiger partial charge in [0.25, 0.3) is 5.91 Å². The Kier molecular flexibility index (Phi) is 6.83. The highest BCUT2D eigenvalue weighted by Gasteiger charge is 2.04. The highest BCUT2D eigenvalue weighted by molar-refractivity contribution is 6.32. The van der Waals surface area contributed by atoms with Crippen LogP contribution in [0.15, 0.2) is 47.5 Å². The number of rotatable bonds is 7. The normalized spacial score (nSPS) is 10.9. The van der Waals surface area contributed by atoms with Crippen molar-refractivity contribution >= 4 is 29.4 Å². The van der Waals surface area contributed by atoms with Gasteiger partial charge in [0.1, 0.15) is 11.5 Å². The molecule has 0 aliphatic rings. The maximum atomic E-state index is 11.5. The highest BCUT2D eigenvalue weighted by Crippen LogP contribution is 2.28. The molecular weight excluding hydrogens is 340 g/mol. The summed E-state index contributed by atoms with van der Waals surface area (Å²) in [5.74, 6) is 1.10. The molecule has 25 heavy (non-hydrogen) atoms. The molecule has 5 nitrogen and oxygen atoms in total. The lowest BCUT2D eigenvalue weighted by molar-refractivity contribution is -0.123. The minimum absolute atomic E-state index is 0.00400. The zero-order valence-corrected chi connectivity index (χ0v) is 15.2. The number of aliphatic imine (C=N–C) groups is 1. The van der Waals surface area contributed by atoms with E-state index in [1.165, 1.54) is 0 Å². The lowest BCUT2D eigenvalue weighted by Gasteiger charge is -2.09. The van der Waals surface area contributed by atoms with Crippen LogP contribution in [0.3, 0.4) is 0 Å². The van der Waals surface area contributed by atoms with E-state index in [-0.39, 0.29) is 18.6 Å². The van der Waals surface area contributed by atoms with E-state index in [4.69, 9.17) is 21.1 Å². The Morgan fingerprint density at radius 2 is 1.96 bits per heavy atom. The fourth-order valence-electron chi connectivity index (χ4n) is 2.05. The number of benzene rings is 2. The molecular formula is C19H21ClN2O3. The highest BCUT2D eigenvalue weighted by atomic mass is 35.5. The van der Waals surface area contributed by atoms with Gasteiger partial charge in [-0.25, -0.2) is 0 Å². The molecule has 2 rings (SSSR count). The molecule has 0 aliphatic heterocycles. The van der Waals surface area contributed by atoms with Crippen LogP contribution in [-0.4, -0.2) is 31.9 Å². The number of amides is 1. The Bertz CT molecular complexity index is 743. The van der Waals surface area contributed by atoms with E-state index >= 15 is 0 Å². The van der Waals surface area contributed by atoms with Crippen molar-refractivity contribution in [3.05, 3.63) is 53.1 Å². The predicted octanol–water partition coefficient (Wildman–Crippen LogP) is 4.00. The fourth-order valence-corrected chi connectivity index (χ4v) is 2.30. The van der Waals surface area contributed by atoms with Crippen LogP contribution in [0.1, 0.15) is 19.4 Å². The van der Waals surface area contributed by atoms with Crippen LogP contribution < -0.4 is 14.8 Å². The molecule has 0 fully saturated rings. The topological polar surface area (TPSA) is 59.9 Å². The fraction of sp³-hybridized carbons (Fsp3) is 0.263. The van der Waals surface area contributed by atoms with Crippen molar-refractivity contribution in [2.45, 2.75) is 19.9 Å². The Labute approximate surface area is 152 Å². The molecule has 0 radical (unpaired) electrons. The summed E-state index contributed by atoms with van der Waals surface area (Å²) in [7, 11) is 1.57. The molecule has 2 aromatic carbocycles. The minimum Gasteiger partial charge on any atom is -0.495 e. The van der Waals surface area contributed by atoms with Crippen molar-refractivity contribution in [3.63, 3.8) is 0 Å². The van der Waals surface area contributed by atoms with Crippen molar-refractivity contribution < 1.29 is 14.3 Å². The summed E-state index contributed by atoms with van der Waals surface area (Å²) in [6, 6.07) is 12.8. The van der Waals surface area contributed by atoms with Gasteiger partial charge < -0.3 is 14.8 Å². The molecule has 0 atom stereocenters. The molecule has 1 N–H and O–H groups in total. The smallest absolute Gasteiger partial charge is 0.258 e. The summed E-state index contributed by atoms with van der Waals surface area (Å²) in [5, 5.41) is 3.29. The number of nitrogens with zero attached hydrogens (tertiary/aromatic N) is 1. The van der Waals surface area contributed by atoms with Crippen molar-refractivity contribution in [2.24, 2.45) is 4.99 Å². The Morgan fingerprint density at radius 1 is 1.24 bits per heavy atom. The molecule has 1 amide bonds. The van der Waals surface area contributed by atoms with Crippen LogP contribution in [0.5, 0.6) is 11.5 Å². The van der Waals surface area contributed by atoms with E-state index < -0.39 is 0 Å². The molecule has 0 bridgehead atoms. The largest absolute Gasteiger partial charge is 0.495 e. The number of ether oxygens (including phenoxy) is 2. The van der Waals surface area contributed by atoms with E-state index in [0.717, 1.165) is 11.3 Å². The molecule has 2 aromatic rings. The van der Waals surface area contributed by atoms with Crippen LogP contribution in [0.2, 0.25) is 5.02 Å². The van der Waals surface area contributed by atoms with E-state index in [2.05, 4.69) is 10.3 Å². The van der Waals surface area contributed by atoms with Crippen LogP contribution in [0.4, 0.5) is 5.69 Å². The molecule has 0 aromatic heterocycles. The second kappa shape index (κ2) is 9.08. The molecule has 6 heteroatoms. The Morgan fingerprint density at radius 3 is 2.56 bits per heavy atom. The second-order valence-corrected chi connectivity index (χ2v) is 6.06. The zero-order valence-electron chi connectivity index (χ0n) is 14.5. The number of methoxy groups -OCH3 is 1. The van der Waals surface area contributed by atoms with E-state index in [0.29, 0.717) is 16.5 Å². The Hall–Kier alpha value is -2.53. The van der Waals surface area contributed by atoms with Gasteiger partial charge in [0.05, 0.1) is 17.8 Å². The summed E-state index contributed by atoms with van der Waals surface area (Å²) in [4.78, 5) is 15.9. The monoisotopic (exact) mass is 360 g/mol. The van der Waals surface area contributed by atoms with Gasteiger partial charge in [0.2, 0.25) is 0 Å². The van der Waals surface area contributed by atoms with Crippen molar-refractivity contribution in [2.75, 3.05) is 13.7 Å². The average Bonchev–Trinajstić information content (AvgIpc) is 2.58. The van der Waals surface area contributed by atoms with Gasteiger partial charge in [0, 0.05) is 12.3 Å². The molecule has 0 saturated carbocycles. The van der Waals surface area contributed by atoms with Crippen LogP contribution >= 0.6 is 11.6 Å². The maximum Gasteiger partial charge on any atom is 0.258 e.